The number of hydrogen-bond acceptors (Lipinski definition) is 6. The Bertz CT molecular complexity index is 748. The van der Waals surface area contributed by atoms with Crippen LogP contribution in [-0.4, -0.2) is 69.5 Å². The summed E-state index contributed by atoms with van der Waals surface area (Å²) in [5.41, 5.74) is 0. The number of sulfone groups is 1. The molecule has 0 spiro atoms. The number of rotatable bonds is 9. The third-order valence-electron chi connectivity index (χ3n) is 4.37. The lowest BCUT2D eigenvalue weighted by Gasteiger charge is -2.26. The zero-order valence-corrected chi connectivity index (χ0v) is 16.5. The molecule has 0 aromatic heterocycles. The summed E-state index contributed by atoms with van der Waals surface area (Å²) in [5.74, 6) is 0.691. The van der Waals surface area contributed by atoms with Crippen LogP contribution >= 0.6 is 0 Å². The Morgan fingerprint density at radius 3 is 2.44 bits per heavy atom. The van der Waals surface area contributed by atoms with E-state index >= 15 is 0 Å². The van der Waals surface area contributed by atoms with Gasteiger partial charge in [0.25, 0.3) is 0 Å². The molecule has 9 heteroatoms. The number of nitrogens with zero attached hydrogens (tertiary/aromatic N) is 1. The van der Waals surface area contributed by atoms with E-state index < -0.39 is 15.7 Å². The molecule has 1 saturated heterocycles. The fraction of sp³-hybridized carbons (Fsp3) is 0.556. The summed E-state index contributed by atoms with van der Waals surface area (Å²) in [6, 6.07) is 6.74. The maximum absolute atomic E-state index is 12.3. The van der Waals surface area contributed by atoms with E-state index in [0.29, 0.717) is 18.7 Å². The van der Waals surface area contributed by atoms with Crippen molar-refractivity contribution in [2.75, 3.05) is 38.3 Å². The van der Waals surface area contributed by atoms with Crippen molar-refractivity contribution in [2.45, 2.75) is 25.8 Å². The molecule has 8 nitrogen and oxygen atoms in total. The third kappa shape index (κ3) is 6.42. The van der Waals surface area contributed by atoms with Crippen LogP contribution in [0.4, 0.5) is 0 Å². The first kappa shape index (κ1) is 21.0. The van der Waals surface area contributed by atoms with Gasteiger partial charge in [0.1, 0.15) is 24.5 Å². The lowest BCUT2D eigenvalue weighted by Crippen LogP contribution is -2.43. The molecule has 1 atom stereocenters. The van der Waals surface area contributed by atoms with E-state index in [1.807, 2.05) is 0 Å². The molecule has 1 aliphatic heterocycles. The van der Waals surface area contributed by atoms with Crippen LogP contribution in [0.2, 0.25) is 0 Å². The average Bonchev–Trinajstić information content (AvgIpc) is 2.99. The third-order valence-corrected chi connectivity index (χ3v) is 6.12. The SMILES string of the molecule is CCN(C(=O)CC(=O)NCCOc1ccc(OC)cc1)C1CCS(=O)(=O)C1. The van der Waals surface area contributed by atoms with Crippen molar-refractivity contribution in [3.63, 3.8) is 0 Å². The number of amides is 2. The first-order valence-corrected chi connectivity index (χ1v) is 10.7. The zero-order valence-electron chi connectivity index (χ0n) is 15.6. The summed E-state index contributed by atoms with van der Waals surface area (Å²) in [7, 11) is -1.50. The summed E-state index contributed by atoms with van der Waals surface area (Å²) in [5, 5.41) is 2.64. The fourth-order valence-corrected chi connectivity index (χ4v) is 4.72. The smallest absolute Gasteiger partial charge is 0.232 e. The number of nitrogens with one attached hydrogen (secondary N) is 1. The lowest BCUT2D eigenvalue weighted by atomic mass is 10.2. The number of benzene rings is 1. The van der Waals surface area contributed by atoms with Gasteiger partial charge in [0.15, 0.2) is 9.84 Å². The average molecular weight is 398 g/mol. The van der Waals surface area contributed by atoms with Crippen molar-refractivity contribution >= 4 is 21.7 Å². The largest absolute Gasteiger partial charge is 0.497 e. The van der Waals surface area contributed by atoms with Gasteiger partial charge in [0.05, 0.1) is 25.2 Å². The van der Waals surface area contributed by atoms with E-state index in [1.54, 1.807) is 38.3 Å². The second kappa shape index (κ2) is 9.59. The second-order valence-corrected chi connectivity index (χ2v) is 8.52. The standard InChI is InChI=1S/C18H26N2O6S/c1-3-20(14-8-11-27(23,24)13-14)18(22)12-17(21)19-9-10-26-16-6-4-15(25-2)5-7-16/h4-7,14H,3,8-13H2,1-2H3,(H,19,21). The van der Waals surface area contributed by atoms with Crippen molar-refractivity contribution < 1.29 is 27.5 Å². The van der Waals surface area contributed by atoms with E-state index in [1.165, 1.54) is 4.90 Å². The van der Waals surface area contributed by atoms with Crippen molar-refractivity contribution in [3.8, 4) is 11.5 Å². The van der Waals surface area contributed by atoms with E-state index in [-0.39, 0.29) is 43.0 Å². The van der Waals surface area contributed by atoms with Gasteiger partial charge >= 0.3 is 0 Å². The Balaban J connectivity index is 1.71. The molecule has 27 heavy (non-hydrogen) atoms. The highest BCUT2D eigenvalue weighted by Crippen LogP contribution is 2.18. The highest BCUT2D eigenvalue weighted by molar-refractivity contribution is 7.91. The highest BCUT2D eigenvalue weighted by Gasteiger charge is 2.34. The molecule has 0 aliphatic carbocycles. The molecule has 2 rings (SSSR count). The molecule has 1 aromatic rings. The number of hydrogen-bond donors (Lipinski definition) is 1. The second-order valence-electron chi connectivity index (χ2n) is 6.29. The van der Waals surface area contributed by atoms with Crippen molar-refractivity contribution in [1.29, 1.82) is 0 Å². The molecule has 0 radical (unpaired) electrons. The van der Waals surface area contributed by atoms with E-state index in [9.17, 15) is 18.0 Å². The maximum atomic E-state index is 12.3. The van der Waals surface area contributed by atoms with Crippen LogP contribution in [0.15, 0.2) is 24.3 Å². The summed E-state index contributed by atoms with van der Waals surface area (Å²) >= 11 is 0. The Labute approximate surface area is 159 Å². The van der Waals surface area contributed by atoms with Gasteiger partial charge < -0.3 is 19.7 Å². The molecular formula is C18H26N2O6S. The minimum atomic E-state index is -3.08. The van der Waals surface area contributed by atoms with Crippen LogP contribution in [0.25, 0.3) is 0 Å². The predicted molar refractivity (Wildman–Crippen MR) is 101 cm³/mol. The molecule has 0 bridgehead atoms. The van der Waals surface area contributed by atoms with E-state index in [0.717, 1.165) is 5.75 Å². The van der Waals surface area contributed by atoms with Crippen LogP contribution in [0.1, 0.15) is 19.8 Å². The van der Waals surface area contributed by atoms with Crippen molar-refractivity contribution in [2.24, 2.45) is 0 Å². The maximum Gasteiger partial charge on any atom is 0.232 e. The first-order chi connectivity index (χ1) is 12.8. The van der Waals surface area contributed by atoms with Gasteiger partial charge in [-0.1, -0.05) is 0 Å². The monoisotopic (exact) mass is 398 g/mol. The molecule has 1 heterocycles. The van der Waals surface area contributed by atoms with Gasteiger partial charge in [-0.25, -0.2) is 8.42 Å². The quantitative estimate of drug-likeness (QED) is 0.483. The Morgan fingerprint density at radius 2 is 1.89 bits per heavy atom. The van der Waals surface area contributed by atoms with Crippen LogP contribution in [0, 0.1) is 0 Å². The molecule has 0 saturated carbocycles. The van der Waals surface area contributed by atoms with Crippen LogP contribution < -0.4 is 14.8 Å². The number of methoxy groups -OCH3 is 1. The highest BCUT2D eigenvalue weighted by atomic mass is 32.2. The minimum Gasteiger partial charge on any atom is -0.497 e. The number of ether oxygens (including phenoxy) is 2. The fourth-order valence-electron chi connectivity index (χ4n) is 2.99. The van der Waals surface area contributed by atoms with E-state index in [2.05, 4.69) is 5.32 Å². The van der Waals surface area contributed by atoms with Gasteiger partial charge in [0.2, 0.25) is 11.8 Å². The summed E-state index contributed by atoms with van der Waals surface area (Å²) < 4.78 is 33.7. The molecule has 150 valence electrons. The topological polar surface area (TPSA) is 102 Å². The van der Waals surface area contributed by atoms with Gasteiger partial charge in [-0.3, -0.25) is 9.59 Å². The van der Waals surface area contributed by atoms with Crippen LogP contribution in [-0.2, 0) is 19.4 Å². The van der Waals surface area contributed by atoms with Crippen molar-refractivity contribution in [1.82, 2.24) is 10.2 Å². The molecule has 2 amide bonds. The van der Waals surface area contributed by atoms with Gasteiger partial charge in [-0.2, -0.15) is 0 Å². The molecule has 1 aromatic carbocycles. The zero-order chi connectivity index (χ0) is 19.9. The first-order valence-electron chi connectivity index (χ1n) is 8.88. The predicted octanol–water partition coefficient (Wildman–Crippen LogP) is 0.616. The minimum absolute atomic E-state index is 0.0239. The van der Waals surface area contributed by atoms with Crippen LogP contribution in [0.3, 0.4) is 0 Å². The number of carbonyl (C=O) groups excluding carboxylic acids is 2. The summed E-state index contributed by atoms with van der Waals surface area (Å²) in [6.07, 6.45) is 0.131. The molecule has 1 aliphatic rings. The van der Waals surface area contributed by atoms with E-state index in [4.69, 9.17) is 9.47 Å². The molecule has 1 fully saturated rings. The molecular weight excluding hydrogens is 372 g/mol. The van der Waals surface area contributed by atoms with Gasteiger partial charge in [-0.15, -0.1) is 0 Å². The number of carbonyl (C=O) groups is 2. The normalized spacial score (nSPS) is 17.9. The van der Waals surface area contributed by atoms with Crippen LogP contribution in [0.5, 0.6) is 11.5 Å². The van der Waals surface area contributed by atoms with Crippen molar-refractivity contribution in [3.05, 3.63) is 24.3 Å². The Kier molecular flexibility index (Phi) is 7.46. The Hall–Kier alpha value is -2.29. The summed E-state index contributed by atoms with van der Waals surface area (Å²) in [6.45, 7) is 2.70. The van der Waals surface area contributed by atoms with Gasteiger partial charge in [0, 0.05) is 12.6 Å². The molecule has 1 unspecified atom stereocenters. The Morgan fingerprint density at radius 1 is 1.22 bits per heavy atom. The molecule has 1 N–H and O–H groups in total. The van der Waals surface area contributed by atoms with Gasteiger partial charge in [-0.05, 0) is 37.6 Å². The summed E-state index contributed by atoms with van der Waals surface area (Å²) in [4.78, 5) is 25.8. The lowest BCUT2D eigenvalue weighted by molar-refractivity contribution is -0.137.